The van der Waals surface area contributed by atoms with E-state index in [4.69, 9.17) is 4.74 Å². The van der Waals surface area contributed by atoms with Gasteiger partial charge in [0.05, 0.1) is 5.56 Å². The summed E-state index contributed by atoms with van der Waals surface area (Å²) in [6.45, 7) is 0.404. The summed E-state index contributed by atoms with van der Waals surface area (Å²) in [4.78, 5) is 12.5. The Labute approximate surface area is 159 Å². The second-order valence-corrected chi connectivity index (χ2v) is 6.14. The quantitative estimate of drug-likeness (QED) is 0.687. The number of benzene rings is 2. The summed E-state index contributed by atoms with van der Waals surface area (Å²) >= 11 is 0. The lowest BCUT2D eigenvalue weighted by Crippen LogP contribution is -2.25. The summed E-state index contributed by atoms with van der Waals surface area (Å²) < 4.78 is 45.4. The fraction of sp³-hybridized carbons (Fsp3) is 0.200. The van der Waals surface area contributed by atoms with E-state index in [0.717, 1.165) is 17.7 Å². The van der Waals surface area contributed by atoms with Crippen LogP contribution in [0.1, 0.15) is 21.5 Å². The standard InChI is InChI=1S/C20H18F3N3O2/c1-26-13-17(18(27)24-11-10-14-6-3-2-4-7-14)19(25-26)28-16-9-5-8-15(12-16)20(21,22)23/h2-9,12-13H,10-11H2,1H3,(H,24,27). The number of alkyl halides is 3. The van der Waals surface area contributed by atoms with Crippen LogP contribution >= 0.6 is 0 Å². The second kappa shape index (κ2) is 8.16. The number of nitrogens with one attached hydrogen (secondary N) is 1. The minimum atomic E-state index is -4.48. The molecule has 0 aliphatic rings. The maximum Gasteiger partial charge on any atom is 0.416 e. The van der Waals surface area contributed by atoms with E-state index in [2.05, 4.69) is 10.4 Å². The molecular formula is C20H18F3N3O2. The molecule has 0 aliphatic heterocycles. The first-order valence-corrected chi connectivity index (χ1v) is 8.54. The molecule has 0 bridgehead atoms. The van der Waals surface area contributed by atoms with E-state index in [1.54, 1.807) is 7.05 Å². The molecule has 0 fully saturated rings. The minimum Gasteiger partial charge on any atom is -0.437 e. The van der Waals surface area contributed by atoms with Crippen molar-refractivity contribution < 1.29 is 22.7 Å². The van der Waals surface area contributed by atoms with Crippen molar-refractivity contribution in [1.29, 1.82) is 0 Å². The van der Waals surface area contributed by atoms with Gasteiger partial charge in [-0.15, -0.1) is 5.10 Å². The van der Waals surface area contributed by atoms with Gasteiger partial charge in [-0.2, -0.15) is 13.2 Å². The Kier molecular flexibility index (Phi) is 5.67. The molecule has 0 atom stereocenters. The fourth-order valence-electron chi connectivity index (χ4n) is 2.61. The third-order valence-electron chi connectivity index (χ3n) is 3.96. The molecule has 5 nitrogen and oxygen atoms in total. The lowest BCUT2D eigenvalue weighted by atomic mass is 10.1. The average molecular weight is 389 g/mol. The normalized spacial score (nSPS) is 11.3. The van der Waals surface area contributed by atoms with E-state index in [0.29, 0.717) is 13.0 Å². The van der Waals surface area contributed by atoms with E-state index >= 15 is 0 Å². The van der Waals surface area contributed by atoms with Crippen LogP contribution in [0.3, 0.4) is 0 Å². The molecular weight excluding hydrogens is 371 g/mol. The Morgan fingerprint density at radius 1 is 1.14 bits per heavy atom. The second-order valence-electron chi connectivity index (χ2n) is 6.14. The van der Waals surface area contributed by atoms with Gasteiger partial charge in [-0.1, -0.05) is 36.4 Å². The topological polar surface area (TPSA) is 56.2 Å². The van der Waals surface area contributed by atoms with Crippen molar-refractivity contribution in [2.75, 3.05) is 6.54 Å². The van der Waals surface area contributed by atoms with E-state index in [-0.39, 0.29) is 17.2 Å². The Balaban J connectivity index is 1.70. The number of aromatic nitrogens is 2. The predicted octanol–water partition coefficient (Wildman–Crippen LogP) is 4.20. The van der Waals surface area contributed by atoms with Crippen LogP contribution in [-0.2, 0) is 19.6 Å². The first-order valence-electron chi connectivity index (χ1n) is 8.54. The lowest BCUT2D eigenvalue weighted by Gasteiger charge is -2.10. The van der Waals surface area contributed by atoms with Crippen molar-refractivity contribution in [2.45, 2.75) is 12.6 Å². The summed E-state index contributed by atoms with van der Waals surface area (Å²) in [5.74, 6) is -0.517. The number of hydrogen-bond donors (Lipinski definition) is 1. The highest BCUT2D eigenvalue weighted by atomic mass is 19.4. The molecule has 3 rings (SSSR count). The Bertz CT molecular complexity index is 953. The molecule has 0 spiro atoms. The molecule has 1 N–H and O–H groups in total. The van der Waals surface area contributed by atoms with Gasteiger partial charge in [0.25, 0.3) is 11.8 Å². The van der Waals surface area contributed by atoms with Crippen LogP contribution in [0.15, 0.2) is 60.8 Å². The zero-order valence-electron chi connectivity index (χ0n) is 15.0. The van der Waals surface area contributed by atoms with E-state index in [1.165, 1.54) is 23.0 Å². The number of aryl methyl sites for hydroxylation is 1. The van der Waals surface area contributed by atoms with Crippen LogP contribution in [0.2, 0.25) is 0 Å². The number of halogens is 3. The van der Waals surface area contributed by atoms with Gasteiger partial charge in [0.2, 0.25) is 0 Å². The largest absolute Gasteiger partial charge is 0.437 e. The first-order chi connectivity index (χ1) is 13.3. The highest BCUT2D eigenvalue weighted by Gasteiger charge is 2.30. The van der Waals surface area contributed by atoms with Gasteiger partial charge in [-0.3, -0.25) is 9.48 Å². The van der Waals surface area contributed by atoms with E-state index < -0.39 is 17.6 Å². The molecule has 1 aromatic heterocycles. The number of hydrogen-bond acceptors (Lipinski definition) is 3. The monoisotopic (exact) mass is 389 g/mol. The molecule has 28 heavy (non-hydrogen) atoms. The predicted molar refractivity (Wildman–Crippen MR) is 97.2 cm³/mol. The molecule has 146 valence electrons. The van der Waals surface area contributed by atoms with Gasteiger partial charge >= 0.3 is 6.18 Å². The number of amides is 1. The molecule has 1 heterocycles. The molecule has 1 amide bonds. The minimum absolute atomic E-state index is 0.0492. The molecule has 0 unspecified atom stereocenters. The van der Waals surface area contributed by atoms with Crippen molar-refractivity contribution in [3.05, 3.63) is 77.5 Å². The van der Waals surface area contributed by atoms with Crippen LogP contribution in [0, 0.1) is 0 Å². The molecule has 0 saturated carbocycles. The van der Waals surface area contributed by atoms with Crippen LogP contribution in [-0.4, -0.2) is 22.2 Å². The van der Waals surface area contributed by atoms with Crippen LogP contribution in [0.4, 0.5) is 13.2 Å². The number of ether oxygens (including phenoxy) is 1. The van der Waals surface area contributed by atoms with Crippen molar-refractivity contribution >= 4 is 5.91 Å². The van der Waals surface area contributed by atoms with E-state index in [9.17, 15) is 18.0 Å². The van der Waals surface area contributed by atoms with Gasteiger partial charge in [0, 0.05) is 19.8 Å². The highest BCUT2D eigenvalue weighted by molar-refractivity contribution is 5.96. The Morgan fingerprint density at radius 2 is 1.89 bits per heavy atom. The van der Waals surface area contributed by atoms with Gasteiger partial charge in [-0.05, 0) is 30.2 Å². The van der Waals surface area contributed by atoms with Crippen molar-refractivity contribution in [1.82, 2.24) is 15.1 Å². The number of rotatable bonds is 6. The first kappa shape index (κ1) is 19.5. The maximum atomic E-state index is 12.9. The van der Waals surface area contributed by atoms with Gasteiger partial charge < -0.3 is 10.1 Å². The fourth-order valence-corrected chi connectivity index (χ4v) is 2.61. The van der Waals surface area contributed by atoms with Crippen molar-refractivity contribution in [3.63, 3.8) is 0 Å². The van der Waals surface area contributed by atoms with Crippen LogP contribution in [0.5, 0.6) is 11.6 Å². The molecule has 0 saturated heterocycles. The molecule has 2 aromatic carbocycles. The maximum absolute atomic E-state index is 12.9. The average Bonchev–Trinajstić information content (AvgIpc) is 3.02. The SMILES string of the molecule is Cn1cc(C(=O)NCCc2ccccc2)c(Oc2cccc(C(F)(F)F)c2)n1. The zero-order valence-corrected chi connectivity index (χ0v) is 15.0. The Hall–Kier alpha value is -3.29. The summed E-state index contributed by atoms with van der Waals surface area (Å²) in [5, 5.41) is 6.81. The summed E-state index contributed by atoms with van der Waals surface area (Å²) in [7, 11) is 1.60. The number of carbonyl (C=O) groups is 1. The molecule has 0 aliphatic carbocycles. The molecule has 8 heteroatoms. The van der Waals surface area contributed by atoms with Crippen LogP contribution < -0.4 is 10.1 Å². The number of carbonyl (C=O) groups excluding carboxylic acids is 1. The van der Waals surface area contributed by atoms with Gasteiger partial charge in [0.15, 0.2) is 0 Å². The summed E-state index contributed by atoms with van der Waals surface area (Å²) in [6.07, 6.45) is -2.38. The smallest absolute Gasteiger partial charge is 0.416 e. The summed E-state index contributed by atoms with van der Waals surface area (Å²) in [5.41, 5.74) is 0.386. The van der Waals surface area contributed by atoms with Gasteiger partial charge in [0.1, 0.15) is 11.3 Å². The van der Waals surface area contributed by atoms with Gasteiger partial charge in [-0.25, -0.2) is 0 Å². The molecule has 0 radical (unpaired) electrons. The van der Waals surface area contributed by atoms with E-state index in [1.807, 2.05) is 30.3 Å². The summed E-state index contributed by atoms with van der Waals surface area (Å²) in [6, 6.07) is 14.1. The van der Waals surface area contributed by atoms with Crippen molar-refractivity contribution in [2.24, 2.45) is 7.05 Å². The number of nitrogens with zero attached hydrogens (tertiary/aromatic N) is 2. The zero-order chi connectivity index (χ0) is 20.1. The highest BCUT2D eigenvalue weighted by Crippen LogP contribution is 2.33. The third-order valence-corrected chi connectivity index (χ3v) is 3.96. The van der Waals surface area contributed by atoms with Crippen molar-refractivity contribution in [3.8, 4) is 11.6 Å². The Morgan fingerprint density at radius 3 is 2.61 bits per heavy atom. The van der Waals surface area contributed by atoms with Crippen LogP contribution in [0.25, 0.3) is 0 Å². The molecule has 3 aromatic rings. The third kappa shape index (κ3) is 4.91. The lowest BCUT2D eigenvalue weighted by molar-refractivity contribution is -0.137.